The number of phenols is 1. The second-order valence-electron chi connectivity index (χ2n) is 4.37. The van der Waals surface area contributed by atoms with Crippen LogP contribution < -0.4 is 0 Å². The normalized spacial score (nSPS) is 15.6. The summed E-state index contributed by atoms with van der Waals surface area (Å²) >= 11 is 3.49. The monoisotopic (exact) mass is 284 g/mol. The van der Waals surface area contributed by atoms with E-state index < -0.39 is 0 Å². The molecule has 1 aliphatic rings. The molecule has 0 fully saturated rings. The van der Waals surface area contributed by atoms with Gasteiger partial charge in [-0.25, -0.2) is 0 Å². The van der Waals surface area contributed by atoms with Gasteiger partial charge in [-0.2, -0.15) is 0 Å². The van der Waals surface area contributed by atoms with E-state index in [0.29, 0.717) is 12.2 Å². The summed E-state index contributed by atoms with van der Waals surface area (Å²) in [5.74, 6) is 0.315. The van der Waals surface area contributed by atoms with Crippen molar-refractivity contribution in [3.63, 3.8) is 0 Å². The molecule has 0 aromatic heterocycles. The van der Waals surface area contributed by atoms with E-state index in [4.69, 9.17) is 5.11 Å². The van der Waals surface area contributed by atoms with Crippen LogP contribution in [0.2, 0.25) is 0 Å². The first-order valence-electron chi connectivity index (χ1n) is 5.87. The fraction of sp³-hybridized carbons (Fsp3) is 0.538. The molecule has 0 radical (unpaired) electrons. The summed E-state index contributed by atoms with van der Waals surface area (Å²) in [7, 11) is 0. The zero-order valence-electron chi connectivity index (χ0n) is 9.30. The highest BCUT2D eigenvalue weighted by Crippen LogP contribution is 2.37. The van der Waals surface area contributed by atoms with Crippen LogP contribution in [0.1, 0.15) is 36.0 Å². The maximum absolute atomic E-state index is 10.0. The minimum atomic E-state index is 0.0821. The molecular formula is C13H17BrO2. The van der Waals surface area contributed by atoms with Gasteiger partial charge in [0.2, 0.25) is 0 Å². The van der Waals surface area contributed by atoms with Crippen LogP contribution in [-0.4, -0.2) is 16.8 Å². The number of fused-ring (bicyclic) bond motifs is 1. The van der Waals surface area contributed by atoms with Gasteiger partial charge in [0.1, 0.15) is 5.75 Å². The highest BCUT2D eigenvalue weighted by atomic mass is 79.9. The Kier molecular flexibility index (Phi) is 3.87. The predicted molar refractivity (Wildman–Crippen MR) is 67.9 cm³/mol. The van der Waals surface area contributed by atoms with Crippen molar-refractivity contribution in [1.82, 2.24) is 0 Å². The lowest BCUT2D eigenvalue weighted by atomic mass is 9.98. The topological polar surface area (TPSA) is 40.5 Å². The Balaban J connectivity index is 2.46. The number of rotatable bonds is 2. The summed E-state index contributed by atoms with van der Waals surface area (Å²) in [5, 5.41) is 19.0. The van der Waals surface area contributed by atoms with Gasteiger partial charge >= 0.3 is 0 Å². The van der Waals surface area contributed by atoms with Gasteiger partial charge in [-0.3, -0.25) is 0 Å². The third-order valence-corrected chi connectivity index (χ3v) is 4.12. The van der Waals surface area contributed by atoms with Crippen molar-refractivity contribution in [2.75, 3.05) is 6.61 Å². The van der Waals surface area contributed by atoms with Gasteiger partial charge in [0.15, 0.2) is 0 Å². The Morgan fingerprint density at radius 2 is 1.94 bits per heavy atom. The van der Waals surface area contributed by atoms with Gasteiger partial charge < -0.3 is 10.2 Å². The van der Waals surface area contributed by atoms with Crippen molar-refractivity contribution in [3.05, 3.63) is 27.2 Å². The number of phenolic OH excluding ortho intramolecular Hbond substituents is 1. The van der Waals surface area contributed by atoms with Crippen LogP contribution in [0, 0.1) is 0 Å². The molecule has 0 unspecified atom stereocenters. The Bertz CT molecular complexity index is 388. The Hall–Kier alpha value is -0.540. The number of aliphatic hydroxyl groups excluding tert-OH is 1. The third-order valence-electron chi connectivity index (χ3n) is 3.27. The first kappa shape index (κ1) is 11.9. The van der Waals surface area contributed by atoms with Gasteiger partial charge in [0.05, 0.1) is 4.47 Å². The van der Waals surface area contributed by atoms with Crippen LogP contribution in [0.15, 0.2) is 10.5 Å². The molecule has 0 bridgehead atoms. The maximum Gasteiger partial charge on any atom is 0.133 e. The Morgan fingerprint density at radius 1 is 1.19 bits per heavy atom. The van der Waals surface area contributed by atoms with Crippen molar-refractivity contribution in [3.8, 4) is 5.75 Å². The number of benzene rings is 1. The summed E-state index contributed by atoms with van der Waals surface area (Å²) in [6, 6.07) is 2.07. The van der Waals surface area contributed by atoms with Gasteiger partial charge in [0.25, 0.3) is 0 Å². The summed E-state index contributed by atoms with van der Waals surface area (Å²) in [5.41, 5.74) is 3.46. The minimum Gasteiger partial charge on any atom is -0.506 e. The lowest BCUT2D eigenvalue weighted by molar-refractivity contribution is 0.297. The standard InChI is InChI=1S/C13H17BrO2/c14-12-11-5-3-1-2-4-9(11)8-10(6-7-15)13(12)16/h8,15-16H,1-7H2. The molecule has 0 atom stereocenters. The summed E-state index contributed by atoms with van der Waals surface area (Å²) in [6.07, 6.45) is 6.34. The second kappa shape index (κ2) is 5.19. The summed E-state index contributed by atoms with van der Waals surface area (Å²) in [4.78, 5) is 0. The number of hydrogen-bond acceptors (Lipinski definition) is 2. The van der Waals surface area contributed by atoms with Crippen LogP contribution >= 0.6 is 15.9 Å². The Morgan fingerprint density at radius 3 is 2.69 bits per heavy atom. The number of hydrogen-bond donors (Lipinski definition) is 2. The average Bonchev–Trinajstić information content (AvgIpc) is 2.51. The quantitative estimate of drug-likeness (QED) is 0.820. The van der Waals surface area contributed by atoms with Crippen molar-refractivity contribution in [2.24, 2.45) is 0 Å². The number of aromatic hydroxyl groups is 1. The van der Waals surface area contributed by atoms with Gasteiger partial charge in [-0.1, -0.05) is 12.5 Å². The highest BCUT2D eigenvalue weighted by molar-refractivity contribution is 9.10. The zero-order valence-corrected chi connectivity index (χ0v) is 10.9. The molecule has 16 heavy (non-hydrogen) atoms. The fourth-order valence-corrected chi connectivity index (χ4v) is 3.10. The minimum absolute atomic E-state index is 0.0821. The third kappa shape index (κ3) is 2.25. The lowest BCUT2D eigenvalue weighted by Crippen LogP contribution is -1.99. The second-order valence-corrected chi connectivity index (χ2v) is 5.16. The smallest absolute Gasteiger partial charge is 0.133 e. The molecule has 1 aromatic rings. The molecule has 0 amide bonds. The van der Waals surface area contributed by atoms with E-state index >= 15 is 0 Å². The van der Waals surface area contributed by atoms with E-state index in [2.05, 4.69) is 22.0 Å². The molecule has 0 aliphatic heterocycles. The van der Waals surface area contributed by atoms with Crippen molar-refractivity contribution in [1.29, 1.82) is 0 Å². The van der Waals surface area contributed by atoms with E-state index in [0.717, 1.165) is 22.9 Å². The molecule has 88 valence electrons. The van der Waals surface area contributed by atoms with Crippen LogP contribution in [0.4, 0.5) is 0 Å². The maximum atomic E-state index is 10.0. The highest BCUT2D eigenvalue weighted by Gasteiger charge is 2.17. The SMILES string of the molecule is OCCc1cc2c(c(Br)c1O)CCCCC2. The van der Waals surface area contributed by atoms with Crippen LogP contribution in [0.25, 0.3) is 0 Å². The average molecular weight is 285 g/mol. The molecule has 3 heteroatoms. The number of halogens is 1. The number of aryl methyl sites for hydroxylation is 1. The van der Waals surface area contributed by atoms with Crippen molar-refractivity contribution >= 4 is 15.9 Å². The molecule has 0 saturated carbocycles. The van der Waals surface area contributed by atoms with E-state index in [9.17, 15) is 5.11 Å². The van der Waals surface area contributed by atoms with Crippen LogP contribution in [0.3, 0.4) is 0 Å². The van der Waals surface area contributed by atoms with Gasteiger partial charge in [-0.05, 0) is 64.7 Å². The molecule has 1 aliphatic carbocycles. The van der Waals surface area contributed by atoms with E-state index in [1.807, 2.05) is 0 Å². The van der Waals surface area contributed by atoms with E-state index in [1.54, 1.807) is 0 Å². The number of aliphatic hydroxyl groups is 1. The molecule has 0 heterocycles. The van der Waals surface area contributed by atoms with Gasteiger partial charge in [-0.15, -0.1) is 0 Å². The first-order valence-corrected chi connectivity index (χ1v) is 6.66. The molecule has 2 rings (SSSR count). The van der Waals surface area contributed by atoms with Crippen LogP contribution in [0.5, 0.6) is 5.75 Å². The molecular weight excluding hydrogens is 268 g/mol. The summed E-state index contributed by atoms with van der Waals surface area (Å²) < 4.78 is 0.843. The fourth-order valence-electron chi connectivity index (χ4n) is 2.39. The van der Waals surface area contributed by atoms with Crippen molar-refractivity contribution < 1.29 is 10.2 Å². The molecule has 0 saturated heterocycles. The first-order chi connectivity index (χ1) is 7.74. The molecule has 0 spiro atoms. The molecule has 1 aromatic carbocycles. The molecule has 2 N–H and O–H groups in total. The van der Waals surface area contributed by atoms with E-state index in [-0.39, 0.29) is 6.61 Å². The predicted octanol–water partition coefficient (Wildman–Crippen LogP) is 2.96. The summed E-state index contributed by atoms with van der Waals surface area (Å²) in [6.45, 7) is 0.0821. The van der Waals surface area contributed by atoms with Crippen molar-refractivity contribution in [2.45, 2.75) is 38.5 Å². The van der Waals surface area contributed by atoms with E-state index in [1.165, 1.54) is 30.4 Å². The van der Waals surface area contributed by atoms with Crippen LogP contribution in [-0.2, 0) is 19.3 Å². The lowest BCUT2D eigenvalue weighted by Gasteiger charge is -2.14. The molecule has 2 nitrogen and oxygen atoms in total. The largest absolute Gasteiger partial charge is 0.506 e. The zero-order chi connectivity index (χ0) is 11.5. The van der Waals surface area contributed by atoms with Gasteiger partial charge in [0, 0.05) is 6.61 Å². The Labute approximate surface area is 104 Å².